The lowest BCUT2D eigenvalue weighted by Crippen LogP contribution is -2.38. The maximum absolute atomic E-state index is 12.6. The van der Waals surface area contributed by atoms with Crippen molar-refractivity contribution in [3.63, 3.8) is 0 Å². The number of likely N-dealkylation sites (tertiary alicyclic amines) is 1. The third-order valence-electron chi connectivity index (χ3n) is 4.71. The van der Waals surface area contributed by atoms with Gasteiger partial charge in [0, 0.05) is 19.3 Å². The third-order valence-corrected chi connectivity index (χ3v) is 4.71. The van der Waals surface area contributed by atoms with Crippen molar-refractivity contribution in [2.75, 3.05) is 13.1 Å². The average molecular weight is 316 g/mol. The molecule has 0 radical (unpaired) electrons. The molecule has 0 aliphatic carbocycles. The number of aliphatic imine (C=N–C) groups is 1. The molecule has 126 valence electrons. The van der Waals surface area contributed by atoms with Crippen LogP contribution >= 0.6 is 0 Å². The summed E-state index contributed by atoms with van der Waals surface area (Å²) < 4.78 is 37.9. The Hall–Kier alpha value is -1.26. The predicted octanol–water partition coefficient (Wildman–Crippen LogP) is 5.33. The Morgan fingerprint density at radius 3 is 2.27 bits per heavy atom. The van der Waals surface area contributed by atoms with E-state index in [0.29, 0.717) is 11.2 Å². The van der Waals surface area contributed by atoms with Crippen molar-refractivity contribution in [1.29, 1.82) is 0 Å². The smallest absolute Gasteiger partial charge is 0.357 e. The van der Waals surface area contributed by atoms with Crippen LogP contribution in [0, 0.1) is 5.41 Å². The van der Waals surface area contributed by atoms with Gasteiger partial charge < -0.3 is 4.90 Å². The van der Waals surface area contributed by atoms with Crippen LogP contribution in [0.3, 0.4) is 0 Å². The Morgan fingerprint density at radius 1 is 1.27 bits per heavy atom. The Labute approximate surface area is 131 Å². The molecule has 1 heterocycles. The van der Waals surface area contributed by atoms with Crippen LogP contribution in [0.4, 0.5) is 13.2 Å². The van der Waals surface area contributed by atoms with E-state index in [1.54, 1.807) is 0 Å². The number of rotatable bonds is 6. The van der Waals surface area contributed by atoms with Crippen molar-refractivity contribution >= 4 is 6.21 Å². The molecule has 5 heteroatoms. The number of nitrogens with zero attached hydrogens (tertiary/aromatic N) is 2. The minimum absolute atomic E-state index is 0.385. The Morgan fingerprint density at radius 2 is 1.86 bits per heavy atom. The van der Waals surface area contributed by atoms with Crippen LogP contribution in [0.1, 0.15) is 52.9 Å². The lowest BCUT2D eigenvalue weighted by molar-refractivity contribution is -0.0857. The van der Waals surface area contributed by atoms with Crippen LogP contribution in [-0.2, 0) is 0 Å². The second-order valence-electron chi connectivity index (χ2n) is 6.01. The van der Waals surface area contributed by atoms with Crippen molar-refractivity contribution in [3.8, 4) is 0 Å². The van der Waals surface area contributed by atoms with E-state index in [-0.39, 0.29) is 0 Å². The first-order valence-electron chi connectivity index (χ1n) is 7.99. The number of hydrogen-bond donors (Lipinski definition) is 0. The minimum atomic E-state index is -4.36. The molecule has 22 heavy (non-hydrogen) atoms. The molecule has 0 N–H and O–H groups in total. The lowest BCUT2D eigenvalue weighted by atomic mass is 9.73. The fraction of sp³-hybridized carbons (Fsp3) is 0.706. The normalized spacial score (nSPS) is 19.7. The van der Waals surface area contributed by atoms with Gasteiger partial charge in [0.1, 0.15) is 5.82 Å². The van der Waals surface area contributed by atoms with Crippen LogP contribution in [0.25, 0.3) is 0 Å². The van der Waals surface area contributed by atoms with Gasteiger partial charge in [0.15, 0.2) is 0 Å². The quantitative estimate of drug-likeness (QED) is 0.605. The molecule has 0 unspecified atom stereocenters. The highest BCUT2D eigenvalue weighted by atomic mass is 19.4. The summed E-state index contributed by atoms with van der Waals surface area (Å²) in [6.07, 6.45) is 3.18. The molecule has 0 amide bonds. The topological polar surface area (TPSA) is 15.6 Å². The molecule has 0 aromatic carbocycles. The number of alkyl halides is 3. The average Bonchev–Trinajstić information content (AvgIpc) is 2.47. The number of hydrogen-bond acceptors (Lipinski definition) is 2. The largest absolute Gasteiger partial charge is 0.417 e. The fourth-order valence-electron chi connectivity index (χ4n) is 3.09. The molecule has 0 atom stereocenters. The van der Waals surface area contributed by atoms with Crippen LogP contribution in [-0.4, -0.2) is 30.4 Å². The molecule has 0 saturated carbocycles. The Bertz CT molecular complexity index is 428. The molecule has 2 nitrogen and oxygen atoms in total. The van der Waals surface area contributed by atoms with Crippen LogP contribution in [0.15, 0.2) is 29.0 Å². The number of allylic oxidation sites excluding steroid dienone is 2. The summed E-state index contributed by atoms with van der Waals surface area (Å²) in [5, 5.41) is 0. The first kappa shape index (κ1) is 18.8. The third kappa shape index (κ3) is 4.89. The molecule has 0 spiro atoms. The van der Waals surface area contributed by atoms with E-state index < -0.39 is 11.7 Å². The summed E-state index contributed by atoms with van der Waals surface area (Å²) in [4.78, 5) is 5.91. The van der Waals surface area contributed by atoms with Crippen molar-refractivity contribution in [2.45, 2.75) is 59.1 Å². The van der Waals surface area contributed by atoms with Crippen molar-refractivity contribution in [3.05, 3.63) is 24.0 Å². The maximum Gasteiger partial charge on any atom is 0.417 e. The highest BCUT2D eigenvalue weighted by molar-refractivity contribution is 5.80. The van der Waals surface area contributed by atoms with E-state index in [1.807, 2.05) is 4.90 Å². The molecule has 1 rings (SSSR count). The van der Waals surface area contributed by atoms with Gasteiger partial charge in [-0.2, -0.15) is 13.2 Å². The summed E-state index contributed by atoms with van der Waals surface area (Å²) in [7, 11) is 0. The summed E-state index contributed by atoms with van der Waals surface area (Å²) in [6.45, 7) is 11.2. The van der Waals surface area contributed by atoms with Gasteiger partial charge in [0.2, 0.25) is 0 Å². The molecule has 1 saturated heterocycles. The molecule has 0 bridgehead atoms. The predicted molar refractivity (Wildman–Crippen MR) is 85.9 cm³/mol. The highest BCUT2D eigenvalue weighted by Gasteiger charge is 2.33. The van der Waals surface area contributed by atoms with E-state index in [0.717, 1.165) is 44.6 Å². The number of halogens is 3. The molecule has 1 fully saturated rings. The zero-order valence-electron chi connectivity index (χ0n) is 13.8. The van der Waals surface area contributed by atoms with Gasteiger partial charge >= 0.3 is 6.18 Å². The standard InChI is InChI=1S/C17H27F3N2/c1-5-8-16(7-3)9-11-22(12-10-16)14(4)21-13-15(6-2)17(18,19)20/h6,13H,4-5,7-12H2,1-3H3/b15-6+,21-13?. The fourth-order valence-corrected chi connectivity index (χ4v) is 3.09. The highest BCUT2D eigenvalue weighted by Crippen LogP contribution is 2.39. The van der Waals surface area contributed by atoms with Crippen LogP contribution in [0.5, 0.6) is 0 Å². The van der Waals surface area contributed by atoms with Crippen LogP contribution in [0.2, 0.25) is 0 Å². The molecule has 1 aliphatic heterocycles. The zero-order valence-corrected chi connectivity index (χ0v) is 13.8. The van der Waals surface area contributed by atoms with E-state index in [1.165, 1.54) is 19.8 Å². The molecule has 1 aliphatic rings. The van der Waals surface area contributed by atoms with Gasteiger partial charge in [-0.15, -0.1) is 0 Å². The summed E-state index contributed by atoms with van der Waals surface area (Å²) in [5.41, 5.74) is -0.352. The maximum atomic E-state index is 12.6. The van der Waals surface area contributed by atoms with Crippen molar-refractivity contribution < 1.29 is 13.2 Å². The minimum Gasteiger partial charge on any atom is -0.357 e. The van der Waals surface area contributed by atoms with Gasteiger partial charge in [-0.3, -0.25) is 0 Å². The van der Waals surface area contributed by atoms with Crippen LogP contribution < -0.4 is 0 Å². The second kappa shape index (κ2) is 7.84. The zero-order chi connectivity index (χ0) is 16.8. The first-order chi connectivity index (χ1) is 10.3. The SMILES string of the molecule is C=C(N=C/C(=C\C)C(F)(F)F)N1CCC(CC)(CCC)CC1. The van der Waals surface area contributed by atoms with Crippen molar-refractivity contribution in [2.24, 2.45) is 10.4 Å². The van der Waals surface area contributed by atoms with Gasteiger partial charge in [0.25, 0.3) is 0 Å². The van der Waals surface area contributed by atoms with Crippen molar-refractivity contribution in [1.82, 2.24) is 4.90 Å². The van der Waals surface area contributed by atoms with Gasteiger partial charge in [-0.25, -0.2) is 4.99 Å². The number of piperidine rings is 1. The monoisotopic (exact) mass is 316 g/mol. The summed E-state index contributed by atoms with van der Waals surface area (Å²) in [6, 6.07) is 0. The van der Waals surface area contributed by atoms with E-state index in [9.17, 15) is 13.2 Å². The van der Waals surface area contributed by atoms with E-state index >= 15 is 0 Å². The molecular weight excluding hydrogens is 289 g/mol. The second-order valence-corrected chi connectivity index (χ2v) is 6.01. The summed E-state index contributed by atoms with van der Waals surface area (Å²) >= 11 is 0. The van der Waals surface area contributed by atoms with E-state index in [4.69, 9.17) is 0 Å². The van der Waals surface area contributed by atoms with Gasteiger partial charge in [-0.05, 0) is 31.6 Å². The van der Waals surface area contributed by atoms with E-state index in [2.05, 4.69) is 25.4 Å². The van der Waals surface area contributed by atoms with Gasteiger partial charge in [-0.1, -0.05) is 39.3 Å². The summed E-state index contributed by atoms with van der Waals surface area (Å²) in [5.74, 6) is 0.421. The van der Waals surface area contributed by atoms with Gasteiger partial charge in [0.05, 0.1) is 5.57 Å². The Balaban J connectivity index is 2.63. The first-order valence-corrected chi connectivity index (χ1v) is 7.99. The Kier molecular flexibility index (Phi) is 6.69. The molecule has 0 aromatic heterocycles. The molecular formula is C17H27F3N2. The molecule has 0 aromatic rings. The lowest BCUT2D eigenvalue weighted by Gasteiger charge is -2.42.